The Morgan fingerprint density at radius 3 is 3.07 bits per heavy atom. The molecule has 14 heavy (non-hydrogen) atoms. The standard InChI is InChI=1S/C9H9N3O2/c1-14-6-3-2-4-12-8(13)5-7(10)11-9(6)12/h2-5H,10H2,1H3. The summed E-state index contributed by atoms with van der Waals surface area (Å²) < 4.78 is 6.44. The Hall–Kier alpha value is -2.04. The largest absolute Gasteiger partial charge is 0.493 e. The highest BCUT2D eigenvalue weighted by molar-refractivity contribution is 5.55. The molecule has 0 saturated carbocycles. The first-order chi connectivity index (χ1) is 6.72. The van der Waals surface area contributed by atoms with Gasteiger partial charge in [-0.15, -0.1) is 0 Å². The van der Waals surface area contributed by atoms with E-state index in [0.29, 0.717) is 11.4 Å². The number of nitrogens with zero attached hydrogens (tertiary/aromatic N) is 2. The highest BCUT2D eigenvalue weighted by atomic mass is 16.5. The van der Waals surface area contributed by atoms with Crippen LogP contribution in [0.4, 0.5) is 5.82 Å². The van der Waals surface area contributed by atoms with Crippen molar-refractivity contribution >= 4 is 11.5 Å². The quantitative estimate of drug-likeness (QED) is 0.703. The molecule has 0 atom stereocenters. The molecule has 2 rings (SSSR count). The van der Waals surface area contributed by atoms with Gasteiger partial charge in [0.15, 0.2) is 11.4 Å². The molecule has 72 valence electrons. The zero-order chi connectivity index (χ0) is 10.1. The van der Waals surface area contributed by atoms with Gasteiger partial charge in [-0.1, -0.05) is 0 Å². The fourth-order valence-corrected chi connectivity index (χ4v) is 1.28. The van der Waals surface area contributed by atoms with Crippen molar-refractivity contribution in [3.8, 4) is 5.75 Å². The third kappa shape index (κ3) is 1.19. The van der Waals surface area contributed by atoms with Crippen LogP contribution in [0.3, 0.4) is 0 Å². The van der Waals surface area contributed by atoms with Crippen molar-refractivity contribution in [3.63, 3.8) is 0 Å². The van der Waals surface area contributed by atoms with Crippen molar-refractivity contribution in [2.75, 3.05) is 12.8 Å². The van der Waals surface area contributed by atoms with E-state index in [-0.39, 0.29) is 11.4 Å². The lowest BCUT2D eigenvalue weighted by Gasteiger charge is -2.05. The van der Waals surface area contributed by atoms with Crippen LogP contribution in [0.15, 0.2) is 29.2 Å². The van der Waals surface area contributed by atoms with Crippen LogP contribution in [0.1, 0.15) is 0 Å². The smallest absolute Gasteiger partial charge is 0.260 e. The first-order valence-corrected chi connectivity index (χ1v) is 4.04. The number of pyridine rings is 1. The Bertz CT molecular complexity index is 533. The molecule has 0 radical (unpaired) electrons. The maximum absolute atomic E-state index is 11.5. The number of nitrogens with two attached hydrogens (primary N) is 1. The number of aromatic nitrogens is 2. The number of fused-ring (bicyclic) bond motifs is 1. The summed E-state index contributed by atoms with van der Waals surface area (Å²) in [6, 6.07) is 4.71. The van der Waals surface area contributed by atoms with Gasteiger partial charge in [-0.3, -0.25) is 9.20 Å². The Morgan fingerprint density at radius 1 is 1.57 bits per heavy atom. The first kappa shape index (κ1) is 8.55. The molecule has 0 aliphatic rings. The van der Waals surface area contributed by atoms with Crippen molar-refractivity contribution in [2.24, 2.45) is 0 Å². The molecule has 0 fully saturated rings. The highest BCUT2D eigenvalue weighted by Gasteiger charge is 2.04. The van der Waals surface area contributed by atoms with Crippen LogP contribution in [-0.4, -0.2) is 16.5 Å². The molecule has 2 N–H and O–H groups in total. The molecule has 2 aromatic rings. The van der Waals surface area contributed by atoms with E-state index in [9.17, 15) is 4.79 Å². The van der Waals surface area contributed by atoms with E-state index < -0.39 is 0 Å². The van der Waals surface area contributed by atoms with E-state index >= 15 is 0 Å². The van der Waals surface area contributed by atoms with E-state index in [2.05, 4.69) is 4.98 Å². The summed E-state index contributed by atoms with van der Waals surface area (Å²) in [5.74, 6) is 0.719. The predicted octanol–water partition coefficient (Wildman–Crippen LogP) is 0.285. The molecule has 0 aliphatic heterocycles. The molecule has 0 unspecified atom stereocenters. The van der Waals surface area contributed by atoms with Crippen LogP contribution in [0.2, 0.25) is 0 Å². The fourth-order valence-electron chi connectivity index (χ4n) is 1.28. The second kappa shape index (κ2) is 3.02. The number of hydrogen-bond donors (Lipinski definition) is 1. The predicted molar refractivity (Wildman–Crippen MR) is 52.4 cm³/mol. The number of nitrogen functional groups attached to an aromatic ring is 1. The van der Waals surface area contributed by atoms with Crippen LogP contribution in [-0.2, 0) is 0 Å². The van der Waals surface area contributed by atoms with Gasteiger partial charge >= 0.3 is 0 Å². The maximum atomic E-state index is 11.5. The SMILES string of the molecule is COc1cccn2c(=O)cc(N)nc12. The summed E-state index contributed by atoms with van der Waals surface area (Å²) in [7, 11) is 1.52. The van der Waals surface area contributed by atoms with E-state index in [0.717, 1.165) is 0 Å². The Balaban J connectivity index is 2.94. The topological polar surface area (TPSA) is 69.6 Å². The first-order valence-electron chi connectivity index (χ1n) is 4.04. The van der Waals surface area contributed by atoms with Gasteiger partial charge in [0.25, 0.3) is 5.56 Å². The van der Waals surface area contributed by atoms with Crippen LogP contribution >= 0.6 is 0 Å². The molecule has 0 aromatic carbocycles. The monoisotopic (exact) mass is 191 g/mol. The van der Waals surface area contributed by atoms with Gasteiger partial charge in [0.2, 0.25) is 0 Å². The summed E-state index contributed by atoms with van der Waals surface area (Å²) in [5.41, 5.74) is 5.68. The molecule has 0 spiro atoms. The number of methoxy groups -OCH3 is 1. The molecule has 0 aliphatic carbocycles. The van der Waals surface area contributed by atoms with E-state index in [1.165, 1.54) is 17.6 Å². The number of rotatable bonds is 1. The molecule has 0 bridgehead atoms. The minimum absolute atomic E-state index is 0.194. The van der Waals surface area contributed by atoms with Crippen LogP contribution in [0.25, 0.3) is 5.65 Å². The average Bonchev–Trinajstić information content (AvgIpc) is 2.17. The lowest BCUT2D eigenvalue weighted by atomic mass is 10.4. The minimum Gasteiger partial charge on any atom is -0.493 e. The van der Waals surface area contributed by atoms with Crippen LogP contribution < -0.4 is 16.0 Å². The number of ether oxygens (including phenoxy) is 1. The highest BCUT2D eigenvalue weighted by Crippen LogP contribution is 2.15. The van der Waals surface area contributed by atoms with Gasteiger partial charge in [-0.2, -0.15) is 0 Å². The van der Waals surface area contributed by atoms with Crippen molar-refractivity contribution in [2.45, 2.75) is 0 Å². The lowest BCUT2D eigenvalue weighted by Crippen LogP contribution is -2.15. The van der Waals surface area contributed by atoms with Gasteiger partial charge in [-0.05, 0) is 12.1 Å². The van der Waals surface area contributed by atoms with E-state index in [4.69, 9.17) is 10.5 Å². The lowest BCUT2D eigenvalue weighted by molar-refractivity contribution is 0.416. The Labute approximate surface area is 79.8 Å². The molecule has 0 amide bonds. The Kier molecular flexibility index (Phi) is 1.85. The zero-order valence-corrected chi connectivity index (χ0v) is 7.60. The Morgan fingerprint density at radius 2 is 2.36 bits per heavy atom. The molecule has 2 heterocycles. The van der Waals surface area contributed by atoms with Crippen LogP contribution in [0.5, 0.6) is 5.75 Å². The average molecular weight is 191 g/mol. The molecular weight excluding hydrogens is 182 g/mol. The second-order valence-electron chi connectivity index (χ2n) is 2.79. The van der Waals surface area contributed by atoms with Crippen molar-refractivity contribution in [1.29, 1.82) is 0 Å². The maximum Gasteiger partial charge on any atom is 0.260 e. The van der Waals surface area contributed by atoms with Crippen LogP contribution in [0, 0.1) is 0 Å². The minimum atomic E-state index is -0.216. The van der Waals surface area contributed by atoms with Gasteiger partial charge in [0.05, 0.1) is 7.11 Å². The second-order valence-corrected chi connectivity index (χ2v) is 2.79. The number of hydrogen-bond acceptors (Lipinski definition) is 4. The molecular formula is C9H9N3O2. The zero-order valence-electron chi connectivity index (χ0n) is 7.60. The van der Waals surface area contributed by atoms with E-state index in [1.54, 1.807) is 18.3 Å². The normalized spacial score (nSPS) is 10.4. The third-order valence-electron chi connectivity index (χ3n) is 1.90. The van der Waals surface area contributed by atoms with Gasteiger partial charge < -0.3 is 10.5 Å². The molecule has 5 heteroatoms. The summed E-state index contributed by atoms with van der Waals surface area (Å²) >= 11 is 0. The van der Waals surface area contributed by atoms with Gasteiger partial charge in [-0.25, -0.2) is 4.98 Å². The summed E-state index contributed by atoms with van der Waals surface area (Å²) in [5, 5.41) is 0. The number of anilines is 1. The van der Waals surface area contributed by atoms with Gasteiger partial charge in [0.1, 0.15) is 5.82 Å². The summed E-state index contributed by atoms with van der Waals surface area (Å²) in [6.45, 7) is 0. The summed E-state index contributed by atoms with van der Waals surface area (Å²) in [4.78, 5) is 15.5. The van der Waals surface area contributed by atoms with Crippen molar-refractivity contribution in [1.82, 2.24) is 9.38 Å². The summed E-state index contributed by atoms with van der Waals surface area (Å²) in [6.07, 6.45) is 1.62. The van der Waals surface area contributed by atoms with Crippen molar-refractivity contribution in [3.05, 3.63) is 34.7 Å². The fraction of sp³-hybridized carbons (Fsp3) is 0.111. The molecule has 0 saturated heterocycles. The third-order valence-corrected chi connectivity index (χ3v) is 1.90. The van der Waals surface area contributed by atoms with Gasteiger partial charge in [0, 0.05) is 12.3 Å². The van der Waals surface area contributed by atoms with E-state index in [1.807, 2.05) is 0 Å². The molecule has 5 nitrogen and oxygen atoms in total. The molecule has 2 aromatic heterocycles. The van der Waals surface area contributed by atoms with Crippen molar-refractivity contribution < 1.29 is 4.74 Å².